The average Bonchev–Trinajstić information content (AvgIpc) is 2.91. The third-order valence-electron chi connectivity index (χ3n) is 6.67. The normalized spacial score (nSPS) is 11.9. The summed E-state index contributed by atoms with van der Waals surface area (Å²) in [5, 5.41) is 0. The number of hydrogen-bond acceptors (Lipinski definition) is 1. The lowest BCUT2D eigenvalue weighted by Gasteiger charge is -2.12. The molecule has 0 aliphatic heterocycles. The first-order valence-corrected chi connectivity index (χ1v) is 13.3. The van der Waals surface area contributed by atoms with E-state index in [0.29, 0.717) is 35.6 Å². The maximum atomic E-state index is 14.9. The zero-order valence-electron chi connectivity index (χ0n) is 22.8. The van der Waals surface area contributed by atoms with Crippen LogP contribution in [0.1, 0.15) is 36.5 Å². The molecule has 0 radical (unpaired) electrons. The second-order valence-corrected chi connectivity index (χ2v) is 9.81. The highest BCUT2D eigenvalue weighted by atomic mass is 19.4. The second kappa shape index (κ2) is 13.4. The van der Waals surface area contributed by atoms with Gasteiger partial charge < -0.3 is 4.74 Å². The van der Waals surface area contributed by atoms with Crippen molar-refractivity contribution in [2.24, 2.45) is 0 Å². The molecule has 0 atom stereocenters. The van der Waals surface area contributed by atoms with Crippen LogP contribution in [0.25, 0.3) is 28.3 Å². The van der Waals surface area contributed by atoms with Gasteiger partial charge in [0.15, 0.2) is 0 Å². The van der Waals surface area contributed by atoms with E-state index < -0.39 is 57.8 Å². The molecule has 0 aromatic heterocycles. The highest BCUT2D eigenvalue weighted by Crippen LogP contribution is 2.32. The van der Waals surface area contributed by atoms with E-state index in [2.05, 4.69) is 0 Å². The Balaban J connectivity index is 1.50. The van der Waals surface area contributed by atoms with Crippen LogP contribution in [0.5, 0.6) is 5.75 Å². The molecule has 4 aromatic rings. The molecule has 0 aliphatic rings. The molecular weight excluding hydrogens is 583 g/mol. The van der Waals surface area contributed by atoms with Gasteiger partial charge in [-0.15, -0.1) is 0 Å². The number of benzene rings is 4. The van der Waals surface area contributed by atoms with Gasteiger partial charge in [-0.1, -0.05) is 25.5 Å². The molecule has 0 aliphatic carbocycles. The molecule has 0 saturated heterocycles. The fourth-order valence-electron chi connectivity index (χ4n) is 4.47. The predicted molar refractivity (Wildman–Crippen MR) is 146 cm³/mol. The van der Waals surface area contributed by atoms with Crippen molar-refractivity contribution in [1.82, 2.24) is 0 Å². The number of halogens is 9. The van der Waals surface area contributed by atoms with E-state index in [4.69, 9.17) is 4.74 Å². The van der Waals surface area contributed by atoms with E-state index >= 15 is 0 Å². The van der Waals surface area contributed by atoms with Gasteiger partial charge >= 0.3 is 6.18 Å². The lowest BCUT2D eigenvalue weighted by Crippen LogP contribution is -2.03. The van der Waals surface area contributed by atoms with Crippen molar-refractivity contribution < 1.29 is 44.3 Å². The average molecular weight is 609 g/mol. The first kappa shape index (κ1) is 31.7. The van der Waals surface area contributed by atoms with Crippen molar-refractivity contribution in [2.75, 3.05) is 6.61 Å². The topological polar surface area (TPSA) is 9.23 Å². The molecule has 0 bridgehead atoms. The molecule has 4 rings (SSSR count). The summed E-state index contributed by atoms with van der Waals surface area (Å²) in [6.07, 6.45) is -3.56. The lowest BCUT2D eigenvalue weighted by molar-refractivity contribution is -0.0790. The summed E-state index contributed by atoms with van der Waals surface area (Å²) in [7, 11) is 0. The number of aryl methyl sites for hydroxylation is 1. The van der Waals surface area contributed by atoms with E-state index in [0.717, 1.165) is 37.1 Å². The first-order chi connectivity index (χ1) is 20.4. The number of ether oxygens (including phenoxy) is 1. The van der Waals surface area contributed by atoms with E-state index in [1.807, 2.05) is 6.92 Å². The fraction of sp³-hybridized carbons (Fsp3) is 0.212. The monoisotopic (exact) mass is 608 g/mol. The summed E-state index contributed by atoms with van der Waals surface area (Å²) >= 11 is 0. The number of unbranched alkanes of at least 4 members (excludes halogenated alkanes) is 1. The number of rotatable bonds is 10. The number of allylic oxidation sites excluding steroid dienone is 1. The molecule has 0 amide bonds. The highest BCUT2D eigenvalue weighted by molar-refractivity contribution is 5.68. The van der Waals surface area contributed by atoms with Crippen LogP contribution in [0.15, 0.2) is 66.7 Å². The number of hydrogen-bond donors (Lipinski definition) is 0. The van der Waals surface area contributed by atoms with E-state index in [1.54, 1.807) is 24.3 Å². The molecule has 4 aromatic carbocycles. The van der Waals surface area contributed by atoms with Crippen molar-refractivity contribution in [3.63, 3.8) is 0 Å². The van der Waals surface area contributed by atoms with Gasteiger partial charge in [-0.3, -0.25) is 0 Å². The van der Waals surface area contributed by atoms with Gasteiger partial charge in [-0.05, 0) is 96.1 Å². The summed E-state index contributed by atoms with van der Waals surface area (Å²) in [6.45, 7) is 2.59. The minimum atomic E-state index is -4.82. The summed E-state index contributed by atoms with van der Waals surface area (Å²) in [5.74, 6) is -6.40. The van der Waals surface area contributed by atoms with Crippen LogP contribution < -0.4 is 4.74 Å². The van der Waals surface area contributed by atoms with E-state index in [-0.39, 0.29) is 36.1 Å². The molecule has 0 fully saturated rings. The summed E-state index contributed by atoms with van der Waals surface area (Å²) in [5.41, 5.74) is -1.83. The third-order valence-corrected chi connectivity index (χ3v) is 6.67. The largest absolute Gasteiger partial charge is 0.494 e. The molecule has 43 heavy (non-hydrogen) atoms. The van der Waals surface area contributed by atoms with Crippen LogP contribution in [-0.4, -0.2) is 12.8 Å². The zero-order valence-corrected chi connectivity index (χ0v) is 22.8. The molecule has 10 heteroatoms. The standard InChI is InChI=1S/C33H25F9O/c1-2-3-12-43-23-7-5-20(6-8-23)21-15-26(34)24(27(35)16-21)9-4-19-13-30(38)32(31(39)14-19)22-17-28(36)25(29(37)18-22)10-11-33(40,41)42/h5-8,10-11,13-18H,2-4,9,12H2,1H3. The molecule has 0 saturated carbocycles. The SMILES string of the molecule is CCCCOc1ccc(-c2cc(F)c(CCc3cc(F)c(-c4cc(F)c(C=CC(F)(F)F)c(F)c4)c(F)c3)c(F)c2)cc1. The van der Waals surface area contributed by atoms with Crippen LogP contribution in [0.3, 0.4) is 0 Å². The van der Waals surface area contributed by atoms with Gasteiger partial charge in [0.1, 0.15) is 40.7 Å². The third kappa shape index (κ3) is 8.00. The van der Waals surface area contributed by atoms with Crippen molar-refractivity contribution in [3.05, 3.63) is 118 Å². The van der Waals surface area contributed by atoms with Crippen LogP contribution in [0.4, 0.5) is 39.5 Å². The number of alkyl halides is 3. The van der Waals surface area contributed by atoms with Gasteiger partial charge in [-0.25, -0.2) is 26.3 Å². The maximum Gasteiger partial charge on any atom is 0.409 e. The van der Waals surface area contributed by atoms with Crippen LogP contribution >= 0.6 is 0 Å². The maximum absolute atomic E-state index is 14.9. The lowest BCUT2D eigenvalue weighted by atomic mass is 9.96. The molecular formula is C33H25F9O. The Morgan fingerprint density at radius 2 is 1.21 bits per heavy atom. The summed E-state index contributed by atoms with van der Waals surface area (Å²) in [6, 6.07) is 11.8. The Kier molecular flexibility index (Phi) is 9.88. The zero-order chi connectivity index (χ0) is 31.3. The van der Waals surface area contributed by atoms with Crippen molar-refractivity contribution in [1.29, 1.82) is 0 Å². The first-order valence-electron chi connectivity index (χ1n) is 13.3. The minimum absolute atomic E-state index is 0.0194. The Labute approximate surface area is 242 Å². The van der Waals surface area contributed by atoms with Crippen molar-refractivity contribution in [2.45, 2.75) is 38.8 Å². The smallest absolute Gasteiger partial charge is 0.409 e. The van der Waals surface area contributed by atoms with Gasteiger partial charge in [0, 0.05) is 17.2 Å². The Morgan fingerprint density at radius 3 is 1.74 bits per heavy atom. The van der Waals surface area contributed by atoms with Gasteiger partial charge in [-0.2, -0.15) is 13.2 Å². The van der Waals surface area contributed by atoms with Crippen LogP contribution in [-0.2, 0) is 12.8 Å². The second-order valence-electron chi connectivity index (χ2n) is 9.81. The summed E-state index contributed by atoms with van der Waals surface area (Å²) in [4.78, 5) is 0. The minimum Gasteiger partial charge on any atom is -0.494 e. The molecule has 0 unspecified atom stereocenters. The predicted octanol–water partition coefficient (Wildman–Crippen LogP) is 10.4. The van der Waals surface area contributed by atoms with Gasteiger partial charge in [0.05, 0.1) is 12.2 Å². The Morgan fingerprint density at radius 1 is 0.651 bits per heavy atom. The molecule has 0 heterocycles. The Bertz CT molecular complexity index is 1550. The van der Waals surface area contributed by atoms with Gasteiger partial charge in [0.2, 0.25) is 0 Å². The van der Waals surface area contributed by atoms with E-state index in [9.17, 15) is 39.5 Å². The Hall–Kier alpha value is -4.21. The molecule has 0 spiro atoms. The molecule has 226 valence electrons. The quantitative estimate of drug-likeness (QED) is 0.129. The van der Waals surface area contributed by atoms with E-state index in [1.165, 1.54) is 0 Å². The van der Waals surface area contributed by atoms with Crippen LogP contribution in [0, 0.1) is 34.9 Å². The molecule has 1 nitrogen and oxygen atoms in total. The molecule has 0 N–H and O–H groups in total. The highest BCUT2D eigenvalue weighted by Gasteiger charge is 2.24. The van der Waals surface area contributed by atoms with Crippen LogP contribution in [0.2, 0.25) is 0 Å². The van der Waals surface area contributed by atoms with Crippen molar-refractivity contribution in [3.8, 4) is 28.0 Å². The fourth-order valence-corrected chi connectivity index (χ4v) is 4.47. The summed E-state index contributed by atoms with van der Waals surface area (Å²) < 4.78 is 131. The van der Waals surface area contributed by atoms with Gasteiger partial charge in [0.25, 0.3) is 0 Å². The van der Waals surface area contributed by atoms with Crippen molar-refractivity contribution >= 4 is 6.08 Å².